The monoisotopic (exact) mass is 684 g/mol. The van der Waals surface area contributed by atoms with Crippen LogP contribution >= 0.6 is 15.9 Å². The summed E-state index contributed by atoms with van der Waals surface area (Å²) in [5, 5.41) is 7.42. The number of fused-ring (bicyclic) bond motifs is 1. The van der Waals surface area contributed by atoms with E-state index in [2.05, 4.69) is 36.5 Å². The van der Waals surface area contributed by atoms with Crippen LogP contribution in [0, 0.1) is 5.82 Å². The van der Waals surface area contributed by atoms with E-state index in [0.29, 0.717) is 48.8 Å². The molecule has 4 aromatic rings. The van der Waals surface area contributed by atoms with Gasteiger partial charge in [0.25, 0.3) is 0 Å². The number of hydrogen-bond acceptors (Lipinski definition) is 9. The molecule has 0 saturated carbocycles. The molecule has 0 fully saturated rings. The molecule has 0 radical (unpaired) electrons. The van der Waals surface area contributed by atoms with Gasteiger partial charge in [-0.25, -0.2) is 22.8 Å². The Labute approximate surface area is 264 Å². The standard InChI is InChI=1S/C32H34BrFN4O5S/c1-3-13-44(39,40)14-11-35-20-32(10-5-12-43-32)26-17-25-28(18-30(26)41-2)36-21-37-31(25)38-24-8-9-29(27(33)16-24)42-19-22-6-4-7-23(34)15-22/h4-9,12,15-18,21,35H,3,10-11,13-14,19-20H2,1-2H3,(H,36,37,38). The molecule has 1 aromatic heterocycles. The Morgan fingerprint density at radius 1 is 1.09 bits per heavy atom. The minimum Gasteiger partial charge on any atom is -0.496 e. The summed E-state index contributed by atoms with van der Waals surface area (Å²) in [5.41, 5.74) is 2.16. The highest BCUT2D eigenvalue weighted by atomic mass is 79.9. The predicted molar refractivity (Wildman–Crippen MR) is 173 cm³/mol. The number of anilines is 2. The number of ether oxygens (including phenoxy) is 3. The van der Waals surface area contributed by atoms with Crippen LogP contribution in [0.5, 0.6) is 11.5 Å². The van der Waals surface area contributed by atoms with Gasteiger partial charge in [0.2, 0.25) is 0 Å². The molecule has 0 amide bonds. The normalized spacial score (nSPS) is 16.2. The van der Waals surface area contributed by atoms with Crippen molar-refractivity contribution in [3.63, 3.8) is 0 Å². The Morgan fingerprint density at radius 2 is 1.95 bits per heavy atom. The number of benzene rings is 3. The van der Waals surface area contributed by atoms with E-state index < -0.39 is 15.4 Å². The molecule has 2 N–H and O–H groups in total. The van der Waals surface area contributed by atoms with Crippen molar-refractivity contribution in [3.05, 3.63) is 94.7 Å². The first-order valence-electron chi connectivity index (χ1n) is 14.2. The Hall–Kier alpha value is -3.74. The van der Waals surface area contributed by atoms with Crippen molar-refractivity contribution >= 4 is 48.2 Å². The van der Waals surface area contributed by atoms with Gasteiger partial charge in [0.15, 0.2) is 15.4 Å². The molecule has 0 bridgehead atoms. The predicted octanol–water partition coefficient (Wildman–Crippen LogP) is 6.41. The maximum atomic E-state index is 13.5. The van der Waals surface area contributed by atoms with Gasteiger partial charge in [0.1, 0.15) is 36.1 Å². The van der Waals surface area contributed by atoms with Crippen molar-refractivity contribution < 1.29 is 27.0 Å². The number of nitrogens with one attached hydrogen (secondary N) is 2. The van der Waals surface area contributed by atoms with Crippen LogP contribution in [0.25, 0.3) is 10.9 Å². The molecule has 44 heavy (non-hydrogen) atoms. The maximum Gasteiger partial charge on any atom is 0.152 e. The molecule has 0 saturated heterocycles. The van der Waals surface area contributed by atoms with Crippen molar-refractivity contribution in [1.29, 1.82) is 0 Å². The van der Waals surface area contributed by atoms with Crippen LogP contribution in [0.15, 0.2) is 77.7 Å². The average Bonchev–Trinajstić information content (AvgIpc) is 3.48. The Bertz CT molecular complexity index is 1760. The van der Waals surface area contributed by atoms with Crippen LogP contribution in [0.4, 0.5) is 15.9 Å². The molecule has 1 aliphatic heterocycles. The number of rotatable bonds is 14. The van der Waals surface area contributed by atoms with E-state index in [1.54, 1.807) is 25.5 Å². The number of aromatic nitrogens is 2. The summed E-state index contributed by atoms with van der Waals surface area (Å²) in [7, 11) is -1.51. The zero-order valence-corrected chi connectivity index (χ0v) is 26.9. The van der Waals surface area contributed by atoms with Crippen LogP contribution in [-0.2, 0) is 26.8 Å². The smallest absolute Gasteiger partial charge is 0.152 e. The van der Waals surface area contributed by atoms with Gasteiger partial charge in [-0.15, -0.1) is 0 Å². The molecule has 9 nitrogen and oxygen atoms in total. The van der Waals surface area contributed by atoms with Gasteiger partial charge < -0.3 is 24.8 Å². The van der Waals surface area contributed by atoms with Crippen molar-refractivity contribution in [3.8, 4) is 11.5 Å². The Kier molecular flexibility index (Phi) is 10.0. The quantitative estimate of drug-likeness (QED) is 0.146. The van der Waals surface area contributed by atoms with E-state index in [0.717, 1.165) is 26.7 Å². The molecule has 1 aliphatic rings. The third kappa shape index (κ3) is 7.48. The fourth-order valence-corrected chi connectivity index (χ4v) is 6.88. The Balaban J connectivity index is 1.38. The van der Waals surface area contributed by atoms with Gasteiger partial charge >= 0.3 is 0 Å². The van der Waals surface area contributed by atoms with Gasteiger partial charge in [0, 0.05) is 48.0 Å². The lowest BCUT2D eigenvalue weighted by atomic mass is 9.89. The summed E-state index contributed by atoms with van der Waals surface area (Å²) in [6.45, 7) is 2.78. The summed E-state index contributed by atoms with van der Waals surface area (Å²) in [6.07, 6.45) is 6.25. The van der Waals surface area contributed by atoms with Crippen molar-refractivity contribution in [2.45, 2.75) is 32.0 Å². The first kappa shape index (κ1) is 31.7. The Morgan fingerprint density at radius 3 is 2.68 bits per heavy atom. The van der Waals surface area contributed by atoms with Gasteiger partial charge in [-0.1, -0.05) is 19.1 Å². The third-order valence-corrected chi connectivity index (χ3v) is 9.75. The molecule has 5 rings (SSSR count). The summed E-state index contributed by atoms with van der Waals surface area (Å²) < 4.78 is 56.5. The maximum absolute atomic E-state index is 13.5. The molecule has 1 atom stereocenters. The van der Waals surface area contributed by atoms with Crippen molar-refractivity contribution in [2.75, 3.05) is 37.0 Å². The molecule has 12 heteroatoms. The highest BCUT2D eigenvalue weighted by Crippen LogP contribution is 2.42. The molecule has 3 aromatic carbocycles. The zero-order valence-electron chi connectivity index (χ0n) is 24.5. The summed E-state index contributed by atoms with van der Waals surface area (Å²) in [4.78, 5) is 8.99. The van der Waals surface area contributed by atoms with Gasteiger partial charge in [-0.3, -0.25) is 0 Å². The number of halogens is 2. The van der Waals surface area contributed by atoms with E-state index in [1.807, 2.05) is 43.3 Å². The van der Waals surface area contributed by atoms with Gasteiger partial charge in [0.05, 0.1) is 29.1 Å². The lowest BCUT2D eigenvalue weighted by Gasteiger charge is -2.31. The molecular weight excluding hydrogens is 651 g/mol. The number of methoxy groups -OCH3 is 1. The SMILES string of the molecule is CCCS(=O)(=O)CCNCC1(c2cc3c(Nc4ccc(OCc5cccc(F)c5)c(Br)c4)ncnc3cc2OC)CC=CO1. The second kappa shape index (κ2) is 13.9. The van der Waals surface area contributed by atoms with E-state index in [1.165, 1.54) is 18.5 Å². The first-order valence-corrected chi connectivity index (χ1v) is 16.8. The van der Waals surface area contributed by atoms with Crippen molar-refractivity contribution in [2.24, 2.45) is 0 Å². The van der Waals surface area contributed by atoms with Crippen LogP contribution < -0.4 is 20.1 Å². The van der Waals surface area contributed by atoms with Gasteiger partial charge in [-0.2, -0.15) is 0 Å². The second-order valence-electron chi connectivity index (χ2n) is 10.5. The fourth-order valence-electron chi connectivity index (χ4n) is 5.11. The zero-order chi connectivity index (χ0) is 31.2. The van der Waals surface area contributed by atoms with Crippen LogP contribution in [0.1, 0.15) is 30.9 Å². The van der Waals surface area contributed by atoms with E-state index in [9.17, 15) is 12.8 Å². The summed E-state index contributed by atoms with van der Waals surface area (Å²) in [5.74, 6) is 1.73. The summed E-state index contributed by atoms with van der Waals surface area (Å²) >= 11 is 3.57. The summed E-state index contributed by atoms with van der Waals surface area (Å²) in [6, 6.07) is 15.7. The molecular formula is C32H34BrFN4O5S. The largest absolute Gasteiger partial charge is 0.496 e. The lowest BCUT2D eigenvalue weighted by Crippen LogP contribution is -2.40. The number of nitrogens with zero attached hydrogens (tertiary/aromatic N) is 2. The van der Waals surface area contributed by atoms with E-state index in [4.69, 9.17) is 14.2 Å². The lowest BCUT2D eigenvalue weighted by molar-refractivity contribution is 0.0396. The molecule has 0 spiro atoms. The molecule has 2 heterocycles. The van der Waals surface area contributed by atoms with Gasteiger partial charge in [-0.05, 0) is 70.4 Å². The van der Waals surface area contributed by atoms with Crippen LogP contribution in [0.2, 0.25) is 0 Å². The van der Waals surface area contributed by atoms with E-state index in [-0.39, 0.29) is 23.9 Å². The highest BCUT2D eigenvalue weighted by Gasteiger charge is 2.38. The number of sulfone groups is 1. The van der Waals surface area contributed by atoms with Crippen LogP contribution in [-0.4, -0.2) is 50.1 Å². The van der Waals surface area contributed by atoms with Crippen LogP contribution in [0.3, 0.4) is 0 Å². The molecule has 232 valence electrons. The van der Waals surface area contributed by atoms with Crippen molar-refractivity contribution in [1.82, 2.24) is 15.3 Å². The third-order valence-electron chi connectivity index (χ3n) is 7.28. The minimum atomic E-state index is -3.11. The minimum absolute atomic E-state index is 0.0608. The second-order valence-corrected chi connectivity index (χ2v) is 13.7. The molecule has 1 unspecified atom stereocenters. The van der Waals surface area contributed by atoms with E-state index >= 15 is 0 Å². The number of hydrogen-bond donors (Lipinski definition) is 2. The topological polar surface area (TPSA) is 112 Å². The first-order chi connectivity index (χ1) is 21.2. The molecule has 0 aliphatic carbocycles. The fraction of sp³-hybridized carbons (Fsp3) is 0.312. The highest BCUT2D eigenvalue weighted by molar-refractivity contribution is 9.10. The average molecular weight is 686 g/mol.